The number of methoxy groups -OCH3 is 1. The predicted octanol–water partition coefficient (Wildman–Crippen LogP) is 0.857. The molecule has 2 aliphatic heterocycles. The smallest absolute Gasteiger partial charge is 0.187 e. The Balaban J connectivity index is 2.30. The minimum atomic E-state index is -0.945. The normalized spacial score (nSPS) is 45.6. The first-order valence-electron chi connectivity index (χ1n) is 5.50. The van der Waals surface area contributed by atoms with Gasteiger partial charge in [-0.15, -0.1) is 0 Å². The molecule has 2 fully saturated rings. The second kappa shape index (κ2) is 3.77. The van der Waals surface area contributed by atoms with Crippen molar-refractivity contribution >= 4 is 6.29 Å². The topological polar surface area (TPSA) is 54.0 Å². The van der Waals surface area contributed by atoms with Crippen LogP contribution in [0.4, 0.5) is 0 Å². The van der Waals surface area contributed by atoms with Crippen LogP contribution in [-0.2, 0) is 23.7 Å². The average molecular weight is 230 g/mol. The Morgan fingerprint density at radius 1 is 1.31 bits per heavy atom. The number of ether oxygens (including phenoxy) is 4. The Hall–Kier alpha value is -0.490. The molecule has 0 aromatic heterocycles. The van der Waals surface area contributed by atoms with Gasteiger partial charge in [0.25, 0.3) is 0 Å². The van der Waals surface area contributed by atoms with Gasteiger partial charge in [0.1, 0.15) is 12.2 Å². The van der Waals surface area contributed by atoms with Crippen molar-refractivity contribution in [2.45, 2.75) is 57.1 Å². The van der Waals surface area contributed by atoms with Gasteiger partial charge < -0.3 is 23.7 Å². The van der Waals surface area contributed by atoms with Gasteiger partial charge in [-0.2, -0.15) is 0 Å². The van der Waals surface area contributed by atoms with E-state index < -0.39 is 23.8 Å². The van der Waals surface area contributed by atoms with Crippen LogP contribution in [-0.4, -0.2) is 43.3 Å². The molecule has 5 nitrogen and oxygen atoms in total. The molecule has 0 bridgehead atoms. The molecular formula is C11H18O5. The van der Waals surface area contributed by atoms with Crippen LogP contribution in [0.15, 0.2) is 0 Å². The summed E-state index contributed by atoms with van der Waals surface area (Å²) in [6.07, 6.45) is 0.0582. The second-order valence-corrected chi connectivity index (χ2v) is 4.67. The van der Waals surface area contributed by atoms with E-state index in [1.807, 2.05) is 20.8 Å². The lowest BCUT2D eigenvalue weighted by molar-refractivity contribution is -0.243. The third-order valence-electron chi connectivity index (χ3n) is 3.20. The number of rotatable bonds is 3. The van der Waals surface area contributed by atoms with E-state index in [2.05, 4.69) is 0 Å². The lowest BCUT2D eigenvalue weighted by Gasteiger charge is -2.28. The third-order valence-corrected chi connectivity index (χ3v) is 3.20. The maximum absolute atomic E-state index is 11.3. The number of carbonyl (C=O) groups excluding carboxylic acids is 1. The Kier molecular flexibility index (Phi) is 2.82. The Morgan fingerprint density at radius 3 is 2.50 bits per heavy atom. The lowest BCUT2D eigenvalue weighted by atomic mass is 9.94. The summed E-state index contributed by atoms with van der Waals surface area (Å²) in [5.41, 5.74) is -0.945. The zero-order chi connectivity index (χ0) is 12.0. The average Bonchev–Trinajstić information content (AvgIpc) is 2.70. The number of hydrogen-bond donors (Lipinski definition) is 0. The summed E-state index contributed by atoms with van der Waals surface area (Å²) in [5, 5.41) is 0. The molecule has 2 heterocycles. The summed E-state index contributed by atoms with van der Waals surface area (Å²) >= 11 is 0. The summed E-state index contributed by atoms with van der Waals surface area (Å²) in [4.78, 5) is 11.3. The number of aldehydes is 1. The molecule has 0 amide bonds. The van der Waals surface area contributed by atoms with Crippen LogP contribution < -0.4 is 0 Å². The minimum Gasteiger partial charge on any atom is -0.353 e. The van der Waals surface area contributed by atoms with E-state index in [9.17, 15) is 4.79 Å². The van der Waals surface area contributed by atoms with E-state index in [1.165, 1.54) is 7.11 Å². The fourth-order valence-corrected chi connectivity index (χ4v) is 2.36. The molecule has 0 spiro atoms. The lowest BCUT2D eigenvalue weighted by Crippen LogP contribution is -2.44. The van der Waals surface area contributed by atoms with Gasteiger partial charge >= 0.3 is 0 Å². The quantitative estimate of drug-likeness (QED) is 0.673. The highest BCUT2D eigenvalue weighted by Gasteiger charge is 2.62. The maximum atomic E-state index is 11.3. The first-order chi connectivity index (χ1) is 7.48. The van der Waals surface area contributed by atoms with Crippen LogP contribution in [0, 0.1) is 0 Å². The summed E-state index contributed by atoms with van der Waals surface area (Å²) in [5.74, 6) is -0.695. The minimum absolute atomic E-state index is 0.342. The number of fused-ring (bicyclic) bond motifs is 1. The molecule has 4 atom stereocenters. The van der Waals surface area contributed by atoms with Gasteiger partial charge in [-0.05, 0) is 20.3 Å². The SMILES string of the molecule is CCC1(C=O)OC(OC)C2OC(C)(C)OC21. The van der Waals surface area contributed by atoms with Crippen LogP contribution in [0.2, 0.25) is 0 Å². The van der Waals surface area contributed by atoms with Gasteiger partial charge in [0.05, 0.1) is 0 Å². The third kappa shape index (κ3) is 1.59. The Bertz CT molecular complexity index is 290. The van der Waals surface area contributed by atoms with Gasteiger partial charge in [-0.25, -0.2) is 0 Å². The van der Waals surface area contributed by atoms with Gasteiger partial charge in [0, 0.05) is 7.11 Å². The fraction of sp³-hybridized carbons (Fsp3) is 0.909. The van der Waals surface area contributed by atoms with Crippen molar-refractivity contribution in [2.75, 3.05) is 7.11 Å². The monoisotopic (exact) mass is 230 g/mol. The van der Waals surface area contributed by atoms with Gasteiger partial charge in [-0.1, -0.05) is 6.92 Å². The maximum Gasteiger partial charge on any atom is 0.187 e. The fourth-order valence-electron chi connectivity index (χ4n) is 2.36. The van der Waals surface area contributed by atoms with Crippen molar-refractivity contribution in [1.82, 2.24) is 0 Å². The van der Waals surface area contributed by atoms with Crippen LogP contribution in [0.5, 0.6) is 0 Å². The second-order valence-electron chi connectivity index (χ2n) is 4.67. The summed E-state index contributed by atoms with van der Waals surface area (Å²) in [6.45, 7) is 5.53. The molecule has 4 unspecified atom stereocenters. The van der Waals surface area contributed by atoms with Crippen LogP contribution in [0.25, 0.3) is 0 Å². The zero-order valence-electron chi connectivity index (χ0n) is 10.1. The molecule has 0 aliphatic carbocycles. The van der Waals surface area contributed by atoms with Crippen molar-refractivity contribution in [1.29, 1.82) is 0 Å². The van der Waals surface area contributed by atoms with Gasteiger partial charge in [0.2, 0.25) is 0 Å². The highest BCUT2D eigenvalue weighted by Crippen LogP contribution is 2.44. The van der Waals surface area contributed by atoms with Crippen molar-refractivity contribution < 1.29 is 23.7 Å². The van der Waals surface area contributed by atoms with Crippen molar-refractivity contribution in [3.05, 3.63) is 0 Å². The molecule has 0 radical (unpaired) electrons. The number of hydrogen-bond acceptors (Lipinski definition) is 5. The molecule has 0 saturated carbocycles. The molecule has 5 heteroatoms. The van der Waals surface area contributed by atoms with Crippen LogP contribution in [0.3, 0.4) is 0 Å². The Morgan fingerprint density at radius 2 is 2.00 bits per heavy atom. The predicted molar refractivity (Wildman–Crippen MR) is 54.8 cm³/mol. The molecule has 92 valence electrons. The molecule has 0 aromatic carbocycles. The molecule has 2 rings (SSSR count). The molecule has 0 N–H and O–H groups in total. The van der Waals surface area contributed by atoms with Crippen molar-refractivity contribution in [2.24, 2.45) is 0 Å². The van der Waals surface area contributed by atoms with E-state index >= 15 is 0 Å². The molecule has 0 aromatic rings. The largest absolute Gasteiger partial charge is 0.353 e. The molecule has 2 saturated heterocycles. The number of carbonyl (C=O) groups is 1. The van der Waals surface area contributed by atoms with Crippen LogP contribution >= 0.6 is 0 Å². The van der Waals surface area contributed by atoms with E-state index in [0.717, 1.165) is 6.29 Å². The highest BCUT2D eigenvalue weighted by atomic mass is 16.8. The van der Waals surface area contributed by atoms with E-state index in [4.69, 9.17) is 18.9 Å². The standard InChI is InChI=1S/C11H18O5/c1-5-11(6-12)8-7(9(13-4)16-11)14-10(2,3)15-8/h6-9H,5H2,1-4H3. The van der Waals surface area contributed by atoms with E-state index in [0.29, 0.717) is 6.42 Å². The molecular weight excluding hydrogens is 212 g/mol. The van der Waals surface area contributed by atoms with Crippen LogP contribution in [0.1, 0.15) is 27.2 Å². The summed E-state index contributed by atoms with van der Waals surface area (Å²) in [7, 11) is 1.53. The van der Waals surface area contributed by atoms with Crippen molar-refractivity contribution in [3.8, 4) is 0 Å². The molecule has 16 heavy (non-hydrogen) atoms. The molecule has 2 aliphatic rings. The zero-order valence-corrected chi connectivity index (χ0v) is 10.1. The highest BCUT2D eigenvalue weighted by molar-refractivity contribution is 5.65. The van der Waals surface area contributed by atoms with Crippen molar-refractivity contribution in [3.63, 3.8) is 0 Å². The first kappa shape index (κ1) is 12.0. The Labute approximate surface area is 95.0 Å². The van der Waals surface area contributed by atoms with E-state index in [1.54, 1.807) is 0 Å². The van der Waals surface area contributed by atoms with Gasteiger partial charge in [-0.3, -0.25) is 0 Å². The summed E-state index contributed by atoms with van der Waals surface area (Å²) < 4.78 is 22.3. The summed E-state index contributed by atoms with van der Waals surface area (Å²) in [6, 6.07) is 0. The van der Waals surface area contributed by atoms with Gasteiger partial charge in [0.15, 0.2) is 24.0 Å². The van der Waals surface area contributed by atoms with E-state index in [-0.39, 0.29) is 6.10 Å². The first-order valence-corrected chi connectivity index (χ1v) is 5.50.